The molecular formula is C19H23N5O3S. The lowest BCUT2D eigenvalue weighted by molar-refractivity contribution is 0.0955. The summed E-state index contributed by atoms with van der Waals surface area (Å²) in [5, 5.41) is 14.7. The maximum Gasteiger partial charge on any atom is 0.251 e. The van der Waals surface area contributed by atoms with Gasteiger partial charge in [0.15, 0.2) is 0 Å². The highest BCUT2D eigenvalue weighted by Gasteiger charge is 2.23. The summed E-state index contributed by atoms with van der Waals surface area (Å²) in [4.78, 5) is 16.5. The molecule has 0 aliphatic heterocycles. The van der Waals surface area contributed by atoms with Crippen LogP contribution in [0.2, 0.25) is 0 Å². The van der Waals surface area contributed by atoms with Crippen LogP contribution >= 0.6 is 0 Å². The van der Waals surface area contributed by atoms with Crippen LogP contribution in [0.4, 0.5) is 5.82 Å². The van der Waals surface area contributed by atoms with Gasteiger partial charge in [0.1, 0.15) is 11.9 Å². The second-order valence-electron chi connectivity index (χ2n) is 6.34. The average molecular weight is 401 g/mol. The Bertz CT molecular complexity index is 983. The molecule has 0 aliphatic rings. The van der Waals surface area contributed by atoms with Crippen molar-refractivity contribution < 1.29 is 13.2 Å². The minimum atomic E-state index is -3.66. The maximum absolute atomic E-state index is 12.6. The number of hydrogen-bond donors (Lipinski definition) is 2. The Morgan fingerprint density at radius 2 is 2.00 bits per heavy atom. The molecule has 0 atom stereocenters. The molecule has 9 heteroatoms. The van der Waals surface area contributed by atoms with Gasteiger partial charge >= 0.3 is 0 Å². The summed E-state index contributed by atoms with van der Waals surface area (Å²) in [6, 6.07) is 11.1. The number of nitrogens with one attached hydrogen (secondary N) is 2. The van der Waals surface area contributed by atoms with Gasteiger partial charge in [-0.1, -0.05) is 6.07 Å². The molecule has 2 aromatic rings. The third-order valence-corrected chi connectivity index (χ3v) is 6.16. The Hall–Kier alpha value is -2.96. The zero-order valence-electron chi connectivity index (χ0n) is 16.0. The van der Waals surface area contributed by atoms with E-state index in [0.29, 0.717) is 17.9 Å². The number of rotatable bonds is 8. The predicted molar refractivity (Wildman–Crippen MR) is 106 cm³/mol. The summed E-state index contributed by atoms with van der Waals surface area (Å²) < 4.78 is 26.4. The number of hydrogen-bond acceptors (Lipinski definition) is 6. The molecule has 0 saturated heterocycles. The van der Waals surface area contributed by atoms with E-state index in [0.717, 1.165) is 0 Å². The normalized spacial score (nSPS) is 11.3. The van der Waals surface area contributed by atoms with Crippen molar-refractivity contribution in [3.05, 3.63) is 53.7 Å². The summed E-state index contributed by atoms with van der Waals surface area (Å²) >= 11 is 0. The van der Waals surface area contributed by atoms with Gasteiger partial charge in [0, 0.05) is 37.9 Å². The van der Waals surface area contributed by atoms with Crippen LogP contribution in [0.5, 0.6) is 0 Å². The van der Waals surface area contributed by atoms with Crippen LogP contribution in [0.25, 0.3) is 0 Å². The number of anilines is 1. The van der Waals surface area contributed by atoms with Crippen molar-refractivity contribution in [2.75, 3.05) is 25.5 Å². The number of carbonyl (C=O) groups is 1. The molecule has 0 aliphatic carbocycles. The van der Waals surface area contributed by atoms with Crippen molar-refractivity contribution in [1.29, 1.82) is 5.26 Å². The summed E-state index contributed by atoms with van der Waals surface area (Å²) in [6.07, 6.45) is 1.57. The summed E-state index contributed by atoms with van der Waals surface area (Å²) in [5.41, 5.74) is 0.676. The van der Waals surface area contributed by atoms with Gasteiger partial charge in [0.05, 0.1) is 10.5 Å². The fraction of sp³-hybridized carbons (Fsp3) is 0.316. The largest absolute Gasteiger partial charge is 0.367 e. The number of aromatic nitrogens is 1. The molecule has 2 rings (SSSR count). The van der Waals surface area contributed by atoms with Crippen LogP contribution in [-0.4, -0.2) is 49.8 Å². The van der Waals surface area contributed by atoms with Gasteiger partial charge in [0.25, 0.3) is 5.91 Å². The van der Waals surface area contributed by atoms with Crippen molar-refractivity contribution in [2.45, 2.75) is 24.8 Å². The van der Waals surface area contributed by atoms with Crippen LogP contribution in [-0.2, 0) is 10.0 Å². The molecule has 1 amide bonds. The van der Waals surface area contributed by atoms with Gasteiger partial charge in [-0.15, -0.1) is 0 Å². The van der Waals surface area contributed by atoms with Crippen molar-refractivity contribution in [3.63, 3.8) is 0 Å². The van der Waals surface area contributed by atoms with Gasteiger partial charge in [-0.25, -0.2) is 13.4 Å². The van der Waals surface area contributed by atoms with Crippen molar-refractivity contribution >= 4 is 21.7 Å². The van der Waals surface area contributed by atoms with Gasteiger partial charge in [0.2, 0.25) is 10.0 Å². The number of carbonyl (C=O) groups excluding carboxylic acids is 1. The third kappa shape index (κ3) is 5.06. The molecule has 0 bridgehead atoms. The molecule has 0 radical (unpaired) electrons. The smallest absolute Gasteiger partial charge is 0.251 e. The highest BCUT2D eigenvalue weighted by Crippen LogP contribution is 2.18. The molecule has 0 spiro atoms. The predicted octanol–water partition coefficient (Wildman–Crippen LogP) is 1.82. The molecule has 1 aromatic carbocycles. The topological polar surface area (TPSA) is 115 Å². The highest BCUT2D eigenvalue weighted by molar-refractivity contribution is 7.89. The van der Waals surface area contributed by atoms with E-state index in [1.807, 2.05) is 6.07 Å². The first-order chi connectivity index (χ1) is 13.3. The van der Waals surface area contributed by atoms with Crippen molar-refractivity contribution in [3.8, 4) is 6.07 Å². The number of nitriles is 1. The second-order valence-corrected chi connectivity index (χ2v) is 8.33. The summed E-state index contributed by atoms with van der Waals surface area (Å²) in [7, 11) is -2.16. The molecular weight excluding hydrogens is 378 g/mol. The monoisotopic (exact) mass is 401 g/mol. The zero-order valence-corrected chi connectivity index (χ0v) is 16.8. The summed E-state index contributed by atoms with van der Waals surface area (Å²) in [6.45, 7) is 4.20. The maximum atomic E-state index is 12.6. The van der Waals surface area contributed by atoms with Crippen LogP contribution in [0.1, 0.15) is 29.8 Å². The summed E-state index contributed by atoms with van der Waals surface area (Å²) in [5.74, 6) is 0.0663. The first-order valence-corrected chi connectivity index (χ1v) is 10.2. The van der Waals surface area contributed by atoms with E-state index in [-0.39, 0.29) is 29.0 Å². The molecule has 148 valence electrons. The van der Waals surface area contributed by atoms with E-state index in [1.165, 1.54) is 23.5 Å². The molecule has 28 heavy (non-hydrogen) atoms. The lowest BCUT2D eigenvalue weighted by Gasteiger charge is -2.21. The molecule has 0 fully saturated rings. The average Bonchev–Trinajstić information content (AvgIpc) is 2.70. The van der Waals surface area contributed by atoms with Crippen LogP contribution in [0.3, 0.4) is 0 Å². The number of nitrogens with zero attached hydrogens (tertiary/aromatic N) is 3. The van der Waals surface area contributed by atoms with Gasteiger partial charge in [-0.05, 0) is 44.2 Å². The molecule has 0 unspecified atom stereocenters. The first kappa shape index (κ1) is 21.3. The van der Waals surface area contributed by atoms with E-state index in [4.69, 9.17) is 5.26 Å². The molecule has 2 N–H and O–H groups in total. The van der Waals surface area contributed by atoms with E-state index in [1.54, 1.807) is 44.3 Å². The highest BCUT2D eigenvalue weighted by atomic mass is 32.2. The van der Waals surface area contributed by atoms with Gasteiger partial charge in [-0.2, -0.15) is 9.57 Å². The number of benzene rings is 1. The number of sulfonamides is 1. The van der Waals surface area contributed by atoms with E-state index in [9.17, 15) is 13.2 Å². The number of pyridine rings is 1. The Morgan fingerprint density at radius 3 is 2.68 bits per heavy atom. The Kier molecular flexibility index (Phi) is 7.09. The standard InChI is InChI=1S/C19H23N5O3S/c1-14(2)24(3)28(26,27)17-8-4-6-15(12-17)19(25)23-11-10-22-18-16(13-20)7-5-9-21-18/h4-9,12,14H,10-11H2,1-3H3,(H,21,22)(H,23,25). The van der Waals surface area contributed by atoms with Crippen LogP contribution in [0, 0.1) is 11.3 Å². The van der Waals surface area contributed by atoms with Crippen LogP contribution < -0.4 is 10.6 Å². The number of amides is 1. The van der Waals surface area contributed by atoms with Gasteiger partial charge < -0.3 is 10.6 Å². The minimum absolute atomic E-state index is 0.0709. The first-order valence-electron chi connectivity index (χ1n) is 8.72. The van der Waals surface area contributed by atoms with E-state index < -0.39 is 10.0 Å². The zero-order chi connectivity index (χ0) is 20.7. The Morgan fingerprint density at radius 1 is 1.25 bits per heavy atom. The quantitative estimate of drug-likeness (QED) is 0.652. The lowest BCUT2D eigenvalue weighted by atomic mass is 10.2. The fourth-order valence-corrected chi connectivity index (χ4v) is 3.75. The molecule has 0 saturated carbocycles. The van der Waals surface area contributed by atoms with Crippen LogP contribution in [0.15, 0.2) is 47.5 Å². The Labute approximate surface area is 165 Å². The fourth-order valence-electron chi connectivity index (χ4n) is 2.34. The van der Waals surface area contributed by atoms with Gasteiger partial charge in [-0.3, -0.25) is 4.79 Å². The van der Waals surface area contributed by atoms with E-state index in [2.05, 4.69) is 15.6 Å². The third-order valence-electron chi connectivity index (χ3n) is 4.13. The lowest BCUT2D eigenvalue weighted by Crippen LogP contribution is -2.33. The molecule has 8 nitrogen and oxygen atoms in total. The van der Waals surface area contributed by atoms with Crippen molar-refractivity contribution in [2.24, 2.45) is 0 Å². The molecule has 1 heterocycles. The minimum Gasteiger partial charge on any atom is -0.367 e. The molecule has 1 aromatic heterocycles. The van der Waals surface area contributed by atoms with E-state index >= 15 is 0 Å². The Balaban J connectivity index is 1.99. The SMILES string of the molecule is CC(C)N(C)S(=O)(=O)c1cccc(C(=O)NCCNc2ncccc2C#N)c1. The second kappa shape index (κ2) is 9.30. The van der Waals surface area contributed by atoms with Crippen molar-refractivity contribution in [1.82, 2.24) is 14.6 Å².